The van der Waals surface area contributed by atoms with Crippen molar-refractivity contribution in [1.82, 2.24) is 24.3 Å². The number of fused-ring (bicyclic) bond motifs is 4. The quantitative estimate of drug-likeness (QED) is 0.180. The minimum atomic E-state index is -0.392. The van der Waals surface area contributed by atoms with Crippen LogP contribution in [0.3, 0.4) is 0 Å². The van der Waals surface area contributed by atoms with E-state index in [9.17, 15) is 10.1 Å². The lowest BCUT2D eigenvalue weighted by atomic mass is 9.92. The summed E-state index contributed by atoms with van der Waals surface area (Å²) in [5.41, 5.74) is 3.82. The van der Waals surface area contributed by atoms with Crippen LogP contribution in [-0.2, 0) is 4.79 Å². The highest BCUT2D eigenvalue weighted by atomic mass is 35.5. The third kappa shape index (κ3) is 5.23. The highest BCUT2D eigenvalue weighted by Gasteiger charge is 2.36. The molecule has 5 aromatic rings. The first-order valence-corrected chi connectivity index (χ1v) is 16.9. The summed E-state index contributed by atoms with van der Waals surface area (Å²) >= 11 is 6.72. The molecule has 1 unspecified atom stereocenters. The summed E-state index contributed by atoms with van der Waals surface area (Å²) < 4.78 is 19.4. The minimum absolute atomic E-state index is 0.0549. The van der Waals surface area contributed by atoms with E-state index < -0.39 is 5.82 Å². The number of amides is 1. The van der Waals surface area contributed by atoms with E-state index in [0.717, 1.165) is 52.6 Å². The maximum atomic E-state index is 17.2. The average Bonchev–Trinajstić information content (AvgIpc) is 3.50. The molecule has 244 valence electrons. The molecule has 0 saturated carbocycles. The lowest BCUT2D eigenvalue weighted by Crippen LogP contribution is -2.58. The molecule has 7 rings (SSSR count). The van der Waals surface area contributed by atoms with Crippen LogP contribution in [0.15, 0.2) is 48.8 Å². The summed E-state index contributed by atoms with van der Waals surface area (Å²) in [6, 6.07) is 15.9. The van der Waals surface area contributed by atoms with Crippen LogP contribution < -0.4 is 4.90 Å². The molecule has 2 atom stereocenters. The van der Waals surface area contributed by atoms with Crippen molar-refractivity contribution < 1.29 is 9.18 Å². The SMILES string of the molecule is CC#CC(=O)N1CCC(n2cnc3c(N4CC(N(C)CC)C4)nc4c(F)c(-c5cccc6cccc(Cl)c56)c(C)cc4c32)C[C@H]1CC#N. The highest BCUT2D eigenvalue weighted by Crippen LogP contribution is 2.43. The predicted molar refractivity (Wildman–Crippen MR) is 189 cm³/mol. The number of hydrogen-bond acceptors (Lipinski definition) is 6. The van der Waals surface area contributed by atoms with Gasteiger partial charge in [-0.2, -0.15) is 5.26 Å². The average molecular weight is 662 g/mol. The van der Waals surface area contributed by atoms with Crippen molar-refractivity contribution >= 4 is 56.0 Å². The van der Waals surface area contributed by atoms with E-state index in [2.05, 4.69) is 46.2 Å². The Morgan fingerprint density at radius 1 is 1.19 bits per heavy atom. The van der Waals surface area contributed by atoms with Crippen molar-refractivity contribution in [2.45, 2.75) is 58.2 Å². The number of nitrogens with zero attached hydrogens (tertiary/aromatic N) is 7. The molecule has 2 saturated heterocycles. The molecule has 48 heavy (non-hydrogen) atoms. The van der Waals surface area contributed by atoms with Crippen LogP contribution in [0.5, 0.6) is 0 Å². The molecule has 3 aromatic carbocycles. The maximum absolute atomic E-state index is 17.2. The number of pyridine rings is 1. The predicted octanol–water partition coefficient (Wildman–Crippen LogP) is 7.12. The number of aromatic nitrogens is 3. The third-order valence-electron chi connectivity index (χ3n) is 10.2. The van der Waals surface area contributed by atoms with Crippen LogP contribution in [0.25, 0.3) is 43.8 Å². The van der Waals surface area contributed by atoms with Crippen LogP contribution in [0.4, 0.5) is 10.2 Å². The highest BCUT2D eigenvalue weighted by molar-refractivity contribution is 6.36. The maximum Gasteiger partial charge on any atom is 0.298 e. The monoisotopic (exact) mass is 661 g/mol. The first-order chi connectivity index (χ1) is 23.2. The van der Waals surface area contributed by atoms with Gasteiger partial charge in [-0.3, -0.25) is 4.79 Å². The lowest BCUT2D eigenvalue weighted by Gasteiger charge is -2.44. The number of benzene rings is 3. The van der Waals surface area contributed by atoms with Gasteiger partial charge in [-0.15, -0.1) is 0 Å². The zero-order valence-electron chi connectivity index (χ0n) is 27.6. The number of carbonyl (C=O) groups is 1. The molecule has 2 aliphatic heterocycles. The summed E-state index contributed by atoms with van der Waals surface area (Å²) in [4.78, 5) is 29.0. The zero-order valence-corrected chi connectivity index (χ0v) is 28.4. The van der Waals surface area contributed by atoms with E-state index in [1.807, 2.05) is 55.7 Å². The number of likely N-dealkylation sites (N-methyl/N-ethyl adjacent to an activating group) is 1. The van der Waals surface area contributed by atoms with Crippen molar-refractivity contribution in [3.8, 4) is 29.0 Å². The van der Waals surface area contributed by atoms with Crippen molar-refractivity contribution in [2.24, 2.45) is 0 Å². The van der Waals surface area contributed by atoms with Gasteiger partial charge in [-0.05, 0) is 74.8 Å². The second-order valence-corrected chi connectivity index (χ2v) is 13.3. The Labute approximate surface area is 284 Å². The number of piperidine rings is 1. The van der Waals surface area contributed by atoms with Crippen molar-refractivity contribution in [3.63, 3.8) is 0 Å². The molecule has 0 aliphatic carbocycles. The Balaban J connectivity index is 1.42. The van der Waals surface area contributed by atoms with Crippen LogP contribution in [0, 0.1) is 35.9 Å². The van der Waals surface area contributed by atoms with Gasteiger partial charge in [0.2, 0.25) is 0 Å². The Morgan fingerprint density at radius 2 is 1.96 bits per heavy atom. The van der Waals surface area contributed by atoms with Gasteiger partial charge in [0.05, 0.1) is 24.3 Å². The van der Waals surface area contributed by atoms with Gasteiger partial charge in [-0.25, -0.2) is 14.4 Å². The summed E-state index contributed by atoms with van der Waals surface area (Å²) in [6.07, 6.45) is 3.26. The van der Waals surface area contributed by atoms with E-state index in [-0.39, 0.29) is 29.9 Å². The van der Waals surface area contributed by atoms with E-state index in [4.69, 9.17) is 21.6 Å². The van der Waals surface area contributed by atoms with Gasteiger partial charge >= 0.3 is 0 Å². The fourth-order valence-corrected chi connectivity index (χ4v) is 7.81. The number of hydrogen-bond donors (Lipinski definition) is 0. The van der Waals surface area contributed by atoms with Gasteiger partial charge in [0.15, 0.2) is 11.6 Å². The number of carbonyl (C=O) groups excluding carboxylic acids is 1. The Kier molecular flexibility index (Phi) is 8.45. The second-order valence-electron chi connectivity index (χ2n) is 12.9. The van der Waals surface area contributed by atoms with Gasteiger partial charge in [-0.1, -0.05) is 54.8 Å². The number of aryl methyl sites for hydroxylation is 1. The molecule has 2 aromatic heterocycles. The first kappa shape index (κ1) is 31.9. The number of imidazole rings is 1. The Morgan fingerprint density at radius 3 is 2.69 bits per heavy atom. The number of halogens is 2. The van der Waals surface area contributed by atoms with Crippen LogP contribution in [0.2, 0.25) is 5.02 Å². The molecule has 2 aliphatic rings. The summed E-state index contributed by atoms with van der Waals surface area (Å²) in [5.74, 6) is 5.36. The second kappa shape index (κ2) is 12.7. The number of likely N-dealkylation sites (tertiary alicyclic amines) is 1. The molecular formula is C38H37ClFN7O. The van der Waals surface area contributed by atoms with Gasteiger partial charge < -0.3 is 19.3 Å². The Bertz CT molecular complexity index is 2180. The van der Waals surface area contributed by atoms with E-state index in [1.54, 1.807) is 11.8 Å². The van der Waals surface area contributed by atoms with Crippen LogP contribution in [0.1, 0.15) is 44.7 Å². The summed E-state index contributed by atoms with van der Waals surface area (Å²) in [5, 5.41) is 12.6. The van der Waals surface area contributed by atoms with E-state index in [0.29, 0.717) is 47.2 Å². The molecule has 0 bridgehead atoms. The van der Waals surface area contributed by atoms with E-state index in [1.165, 1.54) is 0 Å². The normalized spacial score (nSPS) is 18.3. The van der Waals surface area contributed by atoms with Crippen LogP contribution >= 0.6 is 11.6 Å². The Hall–Kier alpha value is -4.70. The van der Waals surface area contributed by atoms with Crippen molar-refractivity contribution in [3.05, 3.63) is 65.2 Å². The van der Waals surface area contributed by atoms with Gasteiger partial charge in [0, 0.05) is 59.1 Å². The first-order valence-electron chi connectivity index (χ1n) is 16.5. The molecule has 2 fully saturated rings. The molecule has 0 radical (unpaired) electrons. The number of nitriles is 1. The molecule has 1 amide bonds. The minimum Gasteiger partial charge on any atom is -0.351 e. The largest absolute Gasteiger partial charge is 0.351 e. The smallest absolute Gasteiger partial charge is 0.298 e. The zero-order chi connectivity index (χ0) is 33.7. The fourth-order valence-electron chi connectivity index (χ4n) is 7.53. The number of anilines is 1. The summed E-state index contributed by atoms with van der Waals surface area (Å²) in [6.45, 7) is 8.66. The van der Waals surface area contributed by atoms with Gasteiger partial charge in [0.25, 0.3) is 5.91 Å². The number of rotatable bonds is 6. The molecular weight excluding hydrogens is 625 g/mol. The van der Waals surface area contributed by atoms with Gasteiger partial charge in [0.1, 0.15) is 11.0 Å². The molecule has 0 spiro atoms. The van der Waals surface area contributed by atoms with Crippen molar-refractivity contribution in [1.29, 1.82) is 5.26 Å². The fraction of sp³-hybridized carbons (Fsp3) is 0.368. The van der Waals surface area contributed by atoms with Crippen molar-refractivity contribution in [2.75, 3.05) is 38.1 Å². The lowest BCUT2D eigenvalue weighted by molar-refractivity contribution is -0.129. The topological polar surface area (TPSA) is 81.3 Å². The molecule has 0 N–H and O–H groups in total. The summed E-state index contributed by atoms with van der Waals surface area (Å²) in [7, 11) is 2.12. The molecule has 10 heteroatoms. The molecule has 8 nitrogen and oxygen atoms in total. The third-order valence-corrected chi connectivity index (χ3v) is 10.5. The van der Waals surface area contributed by atoms with E-state index >= 15 is 4.39 Å². The standard InChI is InChI=1S/C38H37ClFN7O/c1-5-9-31(48)46-17-15-26(19-25(46)14-16-41)47-22-42-36-37(47)29-18-23(3)32(28-12-7-10-24-11-8-13-30(39)33(24)28)34(40)35(29)43-38(36)45-20-27(21-45)44(4)6-2/h7-8,10-13,18,22,25-27H,6,14-15,17,19-21H2,1-4H3/t25-,26?/m1/s1. The van der Waals surface area contributed by atoms with Crippen LogP contribution in [-0.4, -0.2) is 75.6 Å². The molecule has 4 heterocycles.